The van der Waals surface area contributed by atoms with Crippen molar-refractivity contribution in [3.05, 3.63) is 131 Å². The monoisotopic (exact) mass is 470 g/mol. The van der Waals surface area contributed by atoms with Crippen LogP contribution in [0.15, 0.2) is 119 Å². The summed E-state index contributed by atoms with van der Waals surface area (Å²) in [5.74, 6) is -0.172. The maximum Gasteiger partial charge on any atom is 0.172 e. The van der Waals surface area contributed by atoms with Crippen LogP contribution in [0.5, 0.6) is 0 Å². The third-order valence-electron chi connectivity index (χ3n) is 8.12. The Morgan fingerprint density at radius 1 is 0.500 bits per heavy atom. The highest BCUT2D eigenvalue weighted by atomic mass is 16.6. The minimum atomic E-state index is -0.963. The average Bonchev–Trinajstić information content (AvgIpc) is 3.47. The number of nitrogens with zero attached hydrogens (tertiary/aromatic N) is 2. The van der Waals surface area contributed by atoms with Gasteiger partial charge in [-0.3, -0.25) is 9.98 Å². The molecular formula is C32H26N2O2. The maximum absolute atomic E-state index is 6.69. The van der Waals surface area contributed by atoms with Crippen molar-refractivity contribution >= 4 is 22.8 Å². The lowest BCUT2D eigenvalue weighted by atomic mass is 9.55. The fourth-order valence-corrected chi connectivity index (χ4v) is 6.80. The van der Waals surface area contributed by atoms with Crippen LogP contribution in [0.25, 0.3) is 0 Å². The van der Waals surface area contributed by atoms with Gasteiger partial charge in [-0.1, -0.05) is 97.1 Å². The third kappa shape index (κ3) is 2.50. The minimum Gasteiger partial charge on any atom is -0.363 e. The van der Waals surface area contributed by atoms with Crippen LogP contribution in [0, 0.1) is 0 Å². The van der Waals surface area contributed by atoms with Gasteiger partial charge in [0.1, 0.15) is 0 Å². The molecule has 2 aliphatic heterocycles. The lowest BCUT2D eigenvalue weighted by molar-refractivity contribution is -0.122. The van der Waals surface area contributed by atoms with Crippen LogP contribution in [0.2, 0.25) is 0 Å². The van der Waals surface area contributed by atoms with Gasteiger partial charge >= 0.3 is 0 Å². The van der Waals surface area contributed by atoms with Crippen LogP contribution in [0.4, 0.5) is 11.4 Å². The number of methoxy groups -OCH3 is 2. The van der Waals surface area contributed by atoms with E-state index >= 15 is 0 Å². The topological polar surface area (TPSA) is 43.2 Å². The number of benzene rings is 4. The summed E-state index contributed by atoms with van der Waals surface area (Å²) in [6.07, 6.45) is 0. The highest BCUT2D eigenvalue weighted by Crippen LogP contribution is 2.66. The number of para-hydroxylation sites is 2. The zero-order chi connectivity index (χ0) is 24.3. The molecule has 3 aliphatic rings. The van der Waals surface area contributed by atoms with E-state index in [1.807, 2.05) is 12.1 Å². The van der Waals surface area contributed by atoms with Crippen LogP contribution < -0.4 is 0 Å². The molecule has 0 amide bonds. The lowest BCUT2D eigenvalue weighted by Crippen LogP contribution is -2.65. The maximum atomic E-state index is 6.69. The summed E-state index contributed by atoms with van der Waals surface area (Å²) >= 11 is 0. The van der Waals surface area contributed by atoms with Crippen molar-refractivity contribution in [2.45, 2.75) is 23.0 Å². The number of fused-ring (bicyclic) bond motifs is 7. The lowest BCUT2D eigenvalue weighted by Gasteiger charge is -2.54. The van der Waals surface area contributed by atoms with Crippen molar-refractivity contribution < 1.29 is 9.47 Å². The summed E-state index contributed by atoms with van der Waals surface area (Å²) in [5.41, 5.74) is 6.24. The van der Waals surface area contributed by atoms with Gasteiger partial charge in [-0.25, -0.2) is 0 Å². The molecule has 0 radical (unpaired) electrons. The van der Waals surface area contributed by atoms with Gasteiger partial charge < -0.3 is 9.47 Å². The van der Waals surface area contributed by atoms with Crippen molar-refractivity contribution in [1.29, 1.82) is 0 Å². The van der Waals surface area contributed by atoms with Gasteiger partial charge in [-0.15, -0.1) is 0 Å². The fourth-order valence-electron chi connectivity index (χ4n) is 6.80. The first-order chi connectivity index (χ1) is 17.8. The van der Waals surface area contributed by atoms with Crippen molar-refractivity contribution in [3.63, 3.8) is 0 Å². The van der Waals surface area contributed by atoms with Gasteiger partial charge in [0.05, 0.1) is 22.8 Å². The Morgan fingerprint density at radius 2 is 0.861 bits per heavy atom. The van der Waals surface area contributed by atoms with Crippen LogP contribution >= 0.6 is 0 Å². The standard InChI is InChI=1S/C32H26N2O2/c1-35-31-23-17-9-11-19-25(23)33-29(31)27(21-13-5-3-6-14-21)28(22-15-7-4-8-16-22)30-32(31,36-2)24-18-10-12-20-26(24)34-30/h3-20,27-28H,1-2H3/t27-,28+,31-,32-/m0/s1. The van der Waals surface area contributed by atoms with E-state index in [1.54, 1.807) is 14.2 Å². The fraction of sp³-hybridized carbons (Fsp3) is 0.188. The Kier molecular flexibility index (Phi) is 4.65. The van der Waals surface area contributed by atoms with Gasteiger partial charge in [0.2, 0.25) is 0 Å². The molecule has 0 unspecified atom stereocenters. The van der Waals surface area contributed by atoms with E-state index in [-0.39, 0.29) is 11.8 Å². The molecule has 4 heteroatoms. The normalized spacial score (nSPS) is 27.4. The zero-order valence-corrected chi connectivity index (χ0v) is 20.3. The smallest absolute Gasteiger partial charge is 0.172 e. The predicted molar refractivity (Wildman–Crippen MR) is 143 cm³/mol. The number of hydrogen-bond acceptors (Lipinski definition) is 4. The molecule has 36 heavy (non-hydrogen) atoms. The Morgan fingerprint density at radius 3 is 1.25 bits per heavy atom. The van der Waals surface area contributed by atoms with Crippen LogP contribution in [0.3, 0.4) is 0 Å². The van der Waals surface area contributed by atoms with Gasteiger partial charge in [0, 0.05) is 37.2 Å². The molecule has 4 aromatic rings. The molecule has 2 heterocycles. The molecule has 0 aromatic heterocycles. The molecule has 4 nitrogen and oxygen atoms in total. The minimum absolute atomic E-state index is 0.0858. The average molecular weight is 471 g/mol. The van der Waals surface area contributed by atoms with Crippen molar-refractivity contribution in [2.24, 2.45) is 9.98 Å². The Hall–Kier alpha value is -3.86. The zero-order valence-electron chi connectivity index (χ0n) is 20.3. The SMILES string of the molecule is CO[C@]12C(=Nc3ccccc31)[C@H](c1ccccc1)[C@H](c1ccccc1)C1=Nc3ccccc3[C@]12OC. The highest BCUT2D eigenvalue weighted by molar-refractivity contribution is 6.21. The summed E-state index contributed by atoms with van der Waals surface area (Å²) in [5, 5.41) is 0. The summed E-state index contributed by atoms with van der Waals surface area (Å²) in [6, 6.07) is 37.8. The Balaban J connectivity index is 1.64. The number of aliphatic imine (C=N–C) groups is 2. The second kappa shape index (κ2) is 7.82. The molecule has 0 spiro atoms. The molecule has 4 atom stereocenters. The molecule has 0 bridgehead atoms. The Labute approximate surface area is 211 Å². The second-order valence-corrected chi connectivity index (χ2v) is 9.58. The molecule has 7 rings (SSSR count). The molecule has 1 fully saturated rings. The van der Waals surface area contributed by atoms with E-state index < -0.39 is 11.2 Å². The van der Waals surface area contributed by atoms with Crippen molar-refractivity contribution in [2.75, 3.05) is 14.2 Å². The quantitative estimate of drug-likeness (QED) is 0.328. The first-order valence-corrected chi connectivity index (χ1v) is 12.3. The van der Waals surface area contributed by atoms with Gasteiger partial charge in [0.15, 0.2) is 11.2 Å². The van der Waals surface area contributed by atoms with Crippen LogP contribution in [-0.2, 0) is 20.7 Å². The van der Waals surface area contributed by atoms with E-state index in [1.165, 1.54) is 11.1 Å². The van der Waals surface area contributed by atoms with E-state index in [0.717, 1.165) is 33.9 Å². The number of rotatable bonds is 4. The largest absolute Gasteiger partial charge is 0.363 e. The van der Waals surface area contributed by atoms with Crippen molar-refractivity contribution in [1.82, 2.24) is 0 Å². The number of ether oxygens (including phenoxy) is 2. The van der Waals surface area contributed by atoms with Crippen molar-refractivity contribution in [3.8, 4) is 0 Å². The van der Waals surface area contributed by atoms with E-state index in [4.69, 9.17) is 19.5 Å². The first kappa shape index (κ1) is 21.4. The Bertz CT molecular complexity index is 1410. The molecule has 1 saturated carbocycles. The molecular weight excluding hydrogens is 444 g/mol. The summed E-state index contributed by atoms with van der Waals surface area (Å²) in [4.78, 5) is 10.7. The van der Waals surface area contributed by atoms with E-state index in [9.17, 15) is 0 Å². The molecule has 0 N–H and O–H groups in total. The predicted octanol–water partition coefficient (Wildman–Crippen LogP) is 6.82. The first-order valence-electron chi connectivity index (χ1n) is 12.3. The van der Waals surface area contributed by atoms with Crippen LogP contribution in [-0.4, -0.2) is 25.6 Å². The van der Waals surface area contributed by atoms with E-state index in [2.05, 4.69) is 97.1 Å². The second-order valence-electron chi connectivity index (χ2n) is 9.58. The number of hydrogen-bond donors (Lipinski definition) is 0. The van der Waals surface area contributed by atoms with Crippen LogP contribution in [0.1, 0.15) is 34.1 Å². The third-order valence-corrected chi connectivity index (χ3v) is 8.12. The van der Waals surface area contributed by atoms with Gasteiger partial charge in [-0.05, 0) is 23.3 Å². The summed E-state index contributed by atoms with van der Waals surface area (Å²) in [7, 11) is 3.56. The summed E-state index contributed by atoms with van der Waals surface area (Å²) in [6.45, 7) is 0. The molecule has 0 saturated heterocycles. The van der Waals surface area contributed by atoms with Gasteiger partial charge in [-0.2, -0.15) is 0 Å². The molecule has 4 aromatic carbocycles. The van der Waals surface area contributed by atoms with E-state index in [0.29, 0.717) is 0 Å². The highest BCUT2D eigenvalue weighted by Gasteiger charge is 2.72. The molecule has 176 valence electrons. The van der Waals surface area contributed by atoms with Gasteiger partial charge in [0.25, 0.3) is 0 Å². The summed E-state index contributed by atoms with van der Waals surface area (Å²) < 4.78 is 13.4. The molecule has 1 aliphatic carbocycles.